The van der Waals surface area contributed by atoms with Crippen LogP contribution in [-0.4, -0.2) is 32.2 Å². The third kappa shape index (κ3) is 3.56. The van der Waals surface area contributed by atoms with Crippen LogP contribution in [0.3, 0.4) is 0 Å². The van der Waals surface area contributed by atoms with E-state index in [1.807, 2.05) is 11.8 Å². The lowest BCUT2D eigenvalue weighted by Crippen LogP contribution is -2.24. The summed E-state index contributed by atoms with van der Waals surface area (Å²) in [6.45, 7) is 0. The van der Waals surface area contributed by atoms with Crippen LogP contribution in [-0.2, 0) is 9.84 Å². The first-order chi connectivity index (χ1) is 8.47. The molecule has 1 aliphatic rings. The summed E-state index contributed by atoms with van der Waals surface area (Å²) >= 11 is 8.05. The molecule has 1 N–H and O–H groups in total. The molecule has 100 valence electrons. The maximum Gasteiger partial charge on any atom is 0.175 e. The average Bonchev–Trinajstić information content (AvgIpc) is 2.32. The Hall–Kier alpha value is -0.390. The molecule has 0 bridgehead atoms. The highest BCUT2D eigenvalue weighted by Gasteiger charge is 2.16. The Morgan fingerprint density at radius 2 is 2.00 bits per heavy atom. The van der Waals surface area contributed by atoms with Crippen molar-refractivity contribution in [3.05, 3.63) is 23.2 Å². The van der Waals surface area contributed by atoms with Gasteiger partial charge in [0, 0.05) is 12.3 Å². The van der Waals surface area contributed by atoms with Gasteiger partial charge in [0.25, 0.3) is 0 Å². The number of hydrogen-bond acceptors (Lipinski definition) is 4. The highest BCUT2D eigenvalue weighted by molar-refractivity contribution is 7.99. The molecule has 1 aromatic carbocycles. The first kappa shape index (κ1) is 14.0. The molecule has 1 fully saturated rings. The number of halogens is 1. The molecule has 0 aliphatic carbocycles. The van der Waals surface area contributed by atoms with Crippen LogP contribution in [0.5, 0.6) is 0 Å². The van der Waals surface area contributed by atoms with E-state index in [4.69, 9.17) is 11.6 Å². The van der Waals surface area contributed by atoms with Gasteiger partial charge in [-0.25, -0.2) is 8.42 Å². The van der Waals surface area contributed by atoms with Crippen LogP contribution in [0, 0.1) is 0 Å². The van der Waals surface area contributed by atoms with Gasteiger partial charge in [0.1, 0.15) is 0 Å². The first-order valence-electron chi connectivity index (χ1n) is 5.81. The Balaban J connectivity index is 2.21. The largest absolute Gasteiger partial charge is 0.381 e. The number of hydrogen-bond donors (Lipinski definition) is 1. The minimum absolute atomic E-state index is 0.305. The number of nitrogens with one attached hydrogen (secondary N) is 1. The molecule has 1 aliphatic heterocycles. The summed E-state index contributed by atoms with van der Waals surface area (Å²) in [6.07, 6.45) is 3.38. The van der Waals surface area contributed by atoms with Crippen molar-refractivity contribution < 1.29 is 8.42 Å². The van der Waals surface area contributed by atoms with E-state index in [0.717, 1.165) is 30.0 Å². The molecule has 1 aromatic rings. The summed E-state index contributed by atoms with van der Waals surface area (Å²) < 4.78 is 23.0. The third-order valence-corrected chi connectivity index (χ3v) is 5.44. The molecule has 0 unspecified atom stereocenters. The third-order valence-electron chi connectivity index (χ3n) is 2.95. The van der Waals surface area contributed by atoms with Crippen molar-refractivity contribution in [3.63, 3.8) is 0 Å². The minimum atomic E-state index is -3.19. The summed E-state index contributed by atoms with van der Waals surface area (Å²) in [5.41, 5.74) is 0.719. The van der Waals surface area contributed by atoms with Crippen LogP contribution in [0.4, 0.5) is 5.69 Å². The van der Waals surface area contributed by atoms with Gasteiger partial charge in [-0.2, -0.15) is 11.8 Å². The molecule has 0 amide bonds. The Bertz CT molecular complexity index is 525. The van der Waals surface area contributed by atoms with Gasteiger partial charge in [0.05, 0.1) is 15.6 Å². The molecule has 0 saturated carbocycles. The maximum atomic E-state index is 11.5. The van der Waals surface area contributed by atoms with Gasteiger partial charge < -0.3 is 5.32 Å². The predicted octanol–water partition coefficient (Wildman–Crippen LogP) is 3.05. The van der Waals surface area contributed by atoms with E-state index in [1.165, 1.54) is 6.26 Å². The second kappa shape index (κ2) is 5.72. The number of thioether (sulfide) groups is 1. The first-order valence-corrected chi connectivity index (χ1v) is 9.23. The SMILES string of the molecule is CS(=O)(=O)c1ccc(Cl)c(NC2CCSCC2)c1. The summed E-state index contributed by atoms with van der Waals surface area (Å²) in [6, 6.07) is 5.19. The molecule has 6 heteroatoms. The lowest BCUT2D eigenvalue weighted by molar-refractivity contribution is 0.602. The molecule has 3 nitrogen and oxygen atoms in total. The molecular weight excluding hydrogens is 290 g/mol. The Kier molecular flexibility index (Phi) is 4.45. The van der Waals surface area contributed by atoms with Crippen molar-refractivity contribution >= 4 is 38.9 Å². The van der Waals surface area contributed by atoms with Crippen molar-refractivity contribution in [2.24, 2.45) is 0 Å². The van der Waals surface area contributed by atoms with Gasteiger partial charge in [0.15, 0.2) is 9.84 Å². The van der Waals surface area contributed by atoms with E-state index < -0.39 is 9.84 Å². The van der Waals surface area contributed by atoms with Gasteiger partial charge in [-0.15, -0.1) is 0 Å². The van der Waals surface area contributed by atoms with Crippen molar-refractivity contribution in [3.8, 4) is 0 Å². The summed E-state index contributed by atoms with van der Waals surface area (Å²) in [5, 5.41) is 3.92. The fourth-order valence-corrected chi connectivity index (χ4v) is 3.83. The zero-order chi connectivity index (χ0) is 13.2. The van der Waals surface area contributed by atoms with Gasteiger partial charge in [-0.05, 0) is 42.5 Å². The molecule has 1 heterocycles. The minimum Gasteiger partial charge on any atom is -0.381 e. The van der Waals surface area contributed by atoms with E-state index in [2.05, 4.69) is 5.32 Å². The van der Waals surface area contributed by atoms with Crippen LogP contribution in [0.1, 0.15) is 12.8 Å². The maximum absolute atomic E-state index is 11.5. The van der Waals surface area contributed by atoms with E-state index in [1.54, 1.807) is 18.2 Å². The predicted molar refractivity (Wildman–Crippen MR) is 78.5 cm³/mol. The standard InChI is InChI=1S/C12H16ClNO2S2/c1-18(15,16)10-2-3-11(13)12(8-10)14-9-4-6-17-7-5-9/h2-3,8-9,14H,4-7H2,1H3. The van der Waals surface area contributed by atoms with Crippen LogP contribution in [0.25, 0.3) is 0 Å². The number of benzene rings is 1. The quantitative estimate of drug-likeness (QED) is 0.932. The fraction of sp³-hybridized carbons (Fsp3) is 0.500. The highest BCUT2D eigenvalue weighted by atomic mass is 35.5. The topological polar surface area (TPSA) is 46.2 Å². The Labute approximate surface area is 117 Å². The molecule has 0 atom stereocenters. The molecular formula is C12H16ClNO2S2. The van der Waals surface area contributed by atoms with Gasteiger partial charge in [-0.3, -0.25) is 0 Å². The summed E-state index contributed by atoms with van der Waals surface area (Å²) in [5.74, 6) is 2.28. The zero-order valence-electron chi connectivity index (χ0n) is 10.1. The van der Waals surface area contributed by atoms with Gasteiger partial charge in [0.2, 0.25) is 0 Å². The molecule has 0 aromatic heterocycles. The Morgan fingerprint density at radius 3 is 2.61 bits per heavy atom. The average molecular weight is 306 g/mol. The molecule has 1 saturated heterocycles. The van der Waals surface area contributed by atoms with Crippen molar-refractivity contribution in [2.75, 3.05) is 23.1 Å². The Morgan fingerprint density at radius 1 is 1.33 bits per heavy atom. The van der Waals surface area contributed by atoms with E-state index in [0.29, 0.717) is 16.0 Å². The van der Waals surface area contributed by atoms with Crippen LogP contribution in [0.15, 0.2) is 23.1 Å². The van der Waals surface area contributed by atoms with E-state index >= 15 is 0 Å². The lowest BCUT2D eigenvalue weighted by Gasteiger charge is -2.24. The fourth-order valence-electron chi connectivity index (χ4n) is 1.91. The number of sulfone groups is 1. The van der Waals surface area contributed by atoms with Crippen LogP contribution < -0.4 is 5.32 Å². The van der Waals surface area contributed by atoms with E-state index in [-0.39, 0.29) is 0 Å². The van der Waals surface area contributed by atoms with E-state index in [9.17, 15) is 8.42 Å². The summed E-state index contributed by atoms with van der Waals surface area (Å²) in [4.78, 5) is 0.305. The second-order valence-electron chi connectivity index (χ2n) is 4.44. The van der Waals surface area contributed by atoms with Crippen molar-refractivity contribution in [2.45, 2.75) is 23.8 Å². The van der Waals surface area contributed by atoms with Gasteiger partial charge >= 0.3 is 0 Å². The van der Waals surface area contributed by atoms with Crippen LogP contribution >= 0.6 is 23.4 Å². The van der Waals surface area contributed by atoms with Crippen LogP contribution in [0.2, 0.25) is 5.02 Å². The smallest absolute Gasteiger partial charge is 0.175 e. The monoisotopic (exact) mass is 305 g/mol. The second-order valence-corrected chi connectivity index (χ2v) is 8.09. The highest BCUT2D eigenvalue weighted by Crippen LogP contribution is 2.28. The summed E-state index contributed by atoms with van der Waals surface area (Å²) in [7, 11) is -3.19. The number of anilines is 1. The molecule has 18 heavy (non-hydrogen) atoms. The zero-order valence-corrected chi connectivity index (χ0v) is 12.5. The molecule has 0 radical (unpaired) electrons. The molecule has 2 rings (SSSR count). The number of rotatable bonds is 3. The molecule has 0 spiro atoms. The van der Waals surface area contributed by atoms with Gasteiger partial charge in [-0.1, -0.05) is 11.6 Å². The lowest BCUT2D eigenvalue weighted by atomic mass is 10.1. The normalized spacial score (nSPS) is 17.7. The van der Waals surface area contributed by atoms with Crippen molar-refractivity contribution in [1.82, 2.24) is 0 Å². The van der Waals surface area contributed by atoms with Crippen molar-refractivity contribution in [1.29, 1.82) is 0 Å².